The fourth-order valence-electron chi connectivity index (χ4n) is 1.66. The molecule has 0 fully saturated rings. The van der Waals surface area contributed by atoms with Crippen molar-refractivity contribution in [3.63, 3.8) is 0 Å². The molecule has 1 aromatic heterocycles. The Morgan fingerprint density at radius 1 is 1.25 bits per heavy atom. The molecule has 1 rings (SSSR count). The largest absolute Gasteiger partial charge is 0.358 e. The molecule has 0 saturated carbocycles. The van der Waals surface area contributed by atoms with Crippen LogP contribution in [-0.4, -0.2) is 54.7 Å². The lowest BCUT2D eigenvalue weighted by Gasteiger charge is -2.22. The van der Waals surface area contributed by atoms with Crippen molar-refractivity contribution in [2.24, 2.45) is 11.7 Å². The summed E-state index contributed by atoms with van der Waals surface area (Å²) in [5.41, 5.74) is 6.38. The molecule has 0 bridgehead atoms. The first-order valence-electron chi connectivity index (χ1n) is 6.85. The number of hydrogen-bond donors (Lipinski definition) is 1. The van der Waals surface area contributed by atoms with Crippen LogP contribution >= 0.6 is 0 Å². The maximum absolute atomic E-state index is 11.7. The van der Waals surface area contributed by atoms with Crippen molar-refractivity contribution in [3.8, 4) is 0 Å². The fraction of sp³-hybridized carbons (Fsp3) is 0.643. The van der Waals surface area contributed by atoms with Gasteiger partial charge in [-0.15, -0.1) is 10.2 Å². The average molecular weight is 279 g/mol. The van der Waals surface area contributed by atoms with Gasteiger partial charge in [-0.2, -0.15) is 0 Å². The Labute approximate surface area is 121 Å². The number of nitrogens with two attached hydrogens (primary N) is 1. The van der Waals surface area contributed by atoms with Crippen LogP contribution in [0.25, 0.3) is 0 Å². The molecule has 1 aromatic rings. The van der Waals surface area contributed by atoms with Crippen LogP contribution in [0, 0.1) is 5.92 Å². The van der Waals surface area contributed by atoms with E-state index in [9.17, 15) is 4.79 Å². The van der Waals surface area contributed by atoms with E-state index in [1.165, 1.54) is 4.90 Å². The van der Waals surface area contributed by atoms with Crippen molar-refractivity contribution < 1.29 is 4.79 Å². The van der Waals surface area contributed by atoms with Crippen LogP contribution in [0.2, 0.25) is 0 Å². The summed E-state index contributed by atoms with van der Waals surface area (Å²) < 4.78 is 0. The van der Waals surface area contributed by atoms with E-state index in [-0.39, 0.29) is 11.9 Å². The number of carbonyl (C=O) groups excluding carboxylic acids is 1. The molecule has 1 amide bonds. The van der Waals surface area contributed by atoms with Gasteiger partial charge >= 0.3 is 0 Å². The minimum atomic E-state index is -0.145. The lowest BCUT2D eigenvalue weighted by atomic mass is 10.0. The highest BCUT2D eigenvalue weighted by Crippen LogP contribution is 2.11. The van der Waals surface area contributed by atoms with Crippen LogP contribution in [0.1, 0.15) is 30.8 Å². The molecule has 1 atom stereocenters. The highest BCUT2D eigenvalue weighted by molar-refractivity contribution is 5.91. The Morgan fingerprint density at radius 3 is 2.35 bits per heavy atom. The van der Waals surface area contributed by atoms with Gasteiger partial charge in [-0.3, -0.25) is 4.79 Å². The molecule has 6 heteroatoms. The third-order valence-corrected chi connectivity index (χ3v) is 3.32. The summed E-state index contributed by atoms with van der Waals surface area (Å²) >= 11 is 0. The molecule has 0 aliphatic carbocycles. The van der Waals surface area contributed by atoms with Crippen LogP contribution in [-0.2, 0) is 0 Å². The predicted octanol–water partition coefficient (Wildman–Crippen LogP) is 0.988. The van der Waals surface area contributed by atoms with Gasteiger partial charge in [0.1, 0.15) is 0 Å². The van der Waals surface area contributed by atoms with Gasteiger partial charge in [-0.1, -0.05) is 13.8 Å². The number of aromatic nitrogens is 2. The monoisotopic (exact) mass is 279 g/mol. The molecule has 0 aromatic carbocycles. The molecule has 0 aliphatic heterocycles. The summed E-state index contributed by atoms with van der Waals surface area (Å²) in [5.74, 6) is 1.07. The summed E-state index contributed by atoms with van der Waals surface area (Å²) in [5, 5.41) is 8.06. The minimum absolute atomic E-state index is 0.145. The Hall–Kier alpha value is -1.69. The van der Waals surface area contributed by atoms with Gasteiger partial charge in [0.15, 0.2) is 11.5 Å². The van der Waals surface area contributed by atoms with Crippen molar-refractivity contribution >= 4 is 11.7 Å². The molecule has 1 heterocycles. The van der Waals surface area contributed by atoms with Gasteiger partial charge in [0.25, 0.3) is 5.91 Å². The zero-order chi connectivity index (χ0) is 15.3. The van der Waals surface area contributed by atoms with E-state index >= 15 is 0 Å². The number of carbonyl (C=O) groups is 1. The fourth-order valence-corrected chi connectivity index (χ4v) is 1.66. The summed E-state index contributed by atoms with van der Waals surface area (Å²) in [6, 6.07) is 3.69. The van der Waals surface area contributed by atoms with Crippen molar-refractivity contribution in [2.45, 2.75) is 26.3 Å². The van der Waals surface area contributed by atoms with Crippen LogP contribution in [0.15, 0.2) is 12.1 Å². The lowest BCUT2D eigenvalue weighted by Crippen LogP contribution is -2.32. The Bertz CT molecular complexity index is 430. The first-order chi connectivity index (χ1) is 9.32. The van der Waals surface area contributed by atoms with Gasteiger partial charge in [-0.05, 0) is 24.5 Å². The molecular weight excluding hydrogens is 254 g/mol. The van der Waals surface area contributed by atoms with Crippen LogP contribution in [0.5, 0.6) is 0 Å². The maximum atomic E-state index is 11.7. The minimum Gasteiger partial charge on any atom is -0.358 e. The summed E-state index contributed by atoms with van der Waals surface area (Å²) in [7, 11) is 5.33. The molecule has 6 nitrogen and oxygen atoms in total. The molecular formula is C14H25N5O. The molecule has 0 spiro atoms. The van der Waals surface area contributed by atoms with E-state index in [0.717, 1.165) is 18.8 Å². The summed E-state index contributed by atoms with van der Waals surface area (Å²) in [6.45, 7) is 5.05. The zero-order valence-corrected chi connectivity index (χ0v) is 13.0. The second-order valence-electron chi connectivity index (χ2n) is 5.59. The van der Waals surface area contributed by atoms with Crippen molar-refractivity contribution in [2.75, 3.05) is 32.6 Å². The predicted molar refractivity (Wildman–Crippen MR) is 80.7 cm³/mol. The standard InChI is InChI=1S/C14H25N5O/c1-10(2)11(15)8-9-19(5)13-7-6-12(16-17-13)14(20)18(3)4/h6-7,10-11H,8-9,15H2,1-5H3. The van der Waals surface area contributed by atoms with Crippen molar-refractivity contribution in [1.82, 2.24) is 15.1 Å². The molecule has 0 saturated heterocycles. The van der Waals surface area contributed by atoms with E-state index in [1.54, 1.807) is 20.2 Å². The number of anilines is 1. The number of amides is 1. The van der Waals surface area contributed by atoms with E-state index in [4.69, 9.17) is 5.73 Å². The molecule has 0 aliphatic rings. The molecule has 20 heavy (non-hydrogen) atoms. The molecule has 0 radical (unpaired) electrons. The third-order valence-electron chi connectivity index (χ3n) is 3.32. The summed E-state index contributed by atoms with van der Waals surface area (Å²) in [6.07, 6.45) is 0.897. The highest BCUT2D eigenvalue weighted by atomic mass is 16.2. The van der Waals surface area contributed by atoms with Crippen molar-refractivity contribution in [3.05, 3.63) is 17.8 Å². The molecule has 2 N–H and O–H groups in total. The zero-order valence-electron chi connectivity index (χ0n) is 13.0. The van der Waals surface area contributed by atoms with Gasteiger partial charge in [0, 0.05) is 33.7 Å². The molecule has 1 unspecified atom stereocenters. The quantitative estimate of drug-likeness (QED) is 0.840. The SMILES string of the molecule is CC(C)C(N)CCN(C)c1ccc(C(=O)N(C)C)nn1. The van der Waals surface area contributed by atoms with Crippen LogP contribution < -0.4 is 10.6 Å². The number of nitrogens with zero attached hydrogens (tertiary/aromatic N) is 4. The van der Waals surface area contributed by atoms with Gasteiger partial charge in [-0.25, -0.2) is 0 Å². The Morgan fingerprint density at radius 2 is 1.90 bits per heavy atom. The second kappa shape index (κ2) is 7.19. The van der Waals surface area contributed by atoms with E-state index in [2.05, 4.69) is 24.0 Å². The first-order valence-corrected chi connectivity index (χ1v) is 6.85. The van der Waals surface area contributed by atoms with E-state index in [1.807, 2.05) is 18.0 Å². The van der Waals surface area contributed by atoms with E-state index < -0.39 is 0 Å². The average Bonchev–Trinajstić information content (AvgIpc) is 2.43. The topological polar surface area (TPSA) is 75.3 Å². The Balaban J connectivity index is 2.62. The van der Waals surface area contributed by atoms with E-state index in [0.29, 0.717) is 11.6 Å². The second-order valence-corrected chi connectivity index (χ2v) is 5.59. The van der Waals surface area contributed by atoms with Gasteiger partial charge < -0.3 is 15.5 Å². The first kappa shape index (κ1) is 16.4. The normalized spacial score (nSPS) is 12.3. The smallest absolute Gasteiger partial charge is 0.273 e. The van der Waals surface area contributed by atoms with Crippen LogP contribution in [0.4, 0.5) is 5.82 Å². The Kier molecular flexibility index (Phi) is 5.88. The summed E-state index contributed by atoms with van der Waals surface area (Å²) in [4.78, 5) is 15.2. The maximum Gasteiger partial charge on any atom is 0.273 e. The van der Waals surface area contributed by atoms with Crippen LogP contribution in [0.3, 0.4) is 0 Å². The van der Waals surface area contributed by atoms with Crippen molar-refractivity contribution in [1.29, 1.82) is 0 Å². The number of rotatable bonds is 6. The lowest BCUT2D eigenvalue weighted by molar-refractivity contribution is 0.0821. The highest BCUT2D eigenvalue weighted by Gasteiger charge is 2.13. The molecule has 112 valence electrons. The number of hydrogen-bond acceptors (Lipinski definition) is 5. The third kappa shape index (κ3) is 4.45. The van der Waals surface area contributed by atoms with Gasteiger partial charge in [0.05, 0.1) is 0 Å². The van der Waals surface area contributed by atoms with Gasteiger partial charge in [0.2, 0.25) is 0 Å².